The highest BCUT2D eigenvalue weighted by molar-refractivity contribution is 8.00. The first kappa shape index (κ1) is 94.4. The minimum atomic E-state index is -4.57. The SMILES string of the molecule is Cc1c(C(=O)NCc2cnc(C(F)(F)F)s2)ccc2c1NC(=O)c1ccccc1S2.Cc1c(C(=O)NCc2cnc(C(F)(F)F)s2)ccc2c1NC(=O)c1ccccc1S2(=O)=O.Cc1c(C(=O)O)ccc2c1NC(=O)c1ccccc1S2.Cc1c(C(=O)O)ccc2c1NC(=O)c1ccccc1S2(=O)=O.NCc1cnc(C(F)(F)F)s1.NCc1cnc(C(F)(F)F)s1. The summed E-state index contributed by atoms with van der Waals surface area (Å²) in [5.41, 5.74) is 14.6. The zero-order chi connectivity index (χ0) is 92.0. The molecule has 0 saturated carbocycles. The minimum absolute atomic E-state index is 0.0141. The van der Waals surface area contributed by atoms with Crippen LogP contribution in [0.3, 0.4) is 0 Å². The number of amides is 6. The van der Waals surface area contributed by atoms with Crippen LogP contribution in [0.4, 0.5) is 75.4 Å². The Labute approximate surface area is 729 Å². The van der Waals surface area contributed by atoms with Crippen LogP contribution in [-0.2, 0) is 70.6 Å². The van der Waals surface area contributed by atoms with Crippen molar-refractivity contribution in [2.24, 2.45) is 11.5 Å². The molecule has 0 radical (unpaired) electrons. The summed E-state index contributed by atoms with van der Waals surface area (Å²) in [5, 5.41) is 30.5. The molecule has 16 rings (SSSR count). The van der Waals surface area contributed by atoms with E-state index in [0.717, 1.165) is 44.4 Å². The van der Waals surface area contributed by atoms with Crippen molar-refractivity contribution in [1.29, 1.82) is 0 Å². The third-order valence-corrected chi connectivity index (χ3v) is 28.4. The second kappa shape index (κ2) is 38.3. The van der Waals surface area contributed by atoms with Crippen LogP contribution >= 0.6 is 68.9 Å². The number of halogens is 12. The van der Waals surface area contributed by atoms with Gasteiger partial charge in [0.15, 0.2) is 20.0 Å². The van der Waals surface area contributed by atoms with Crippen molar-refractivity contribution in [1.82, 2.24) is 30.6 Å². The number of carboxylic acids is 2. The maximum atomic E-state index is 13.1. The number of fused-ring (bicyclic) bond motifs is 8. The number of hydrogen-bond donors (Lipinski definition) is 10. The van der Waals surface area contributed by atoms with Crippen molar-refractivity contribution in [3.05, 3.63) is 277 Å². The molecule has 0 spiro atoms. The number of nitrogens with zero attached hydrogens (tertiary/aromatic N) is 4. The number of nitrogens with two attached hydrogens (primary N) is 2. The third-order valence-electron chi connectivity index (χ3n) is 18.2. The summed E-state index contributed by atoms with van der Waals surface area (Å²) in [5.74, 6) is -4.95. The van der Waals surface area contributed by atoms with E-state index in [0.29, 0.717) is 99.2 Å². The lowest BCUT2D eigenvalue weighted by molar-refractivity contribution is -0.138. The molecule has 0 atom stereocenters. The summed E-state index contributed by atoms with van der Waals surface area (Å²) in [6.07, 6.45) is -13.3. The Bertz CT molecular complexity index is 6520. The molecule has 8 aromatic carbocycles. The second-order valence-electron chi connectivity index (χ2n) is 26.4. The van der Waals surface area contributed by atoms with Gasteiger partial charge in [0.1, 0.15) is 0 Å². The van der Waals surface area contributed by atoms with Crippen LogP contribution in [0.25, 0.3) is 0 Å². The Hall–Kier alpha value is -12.3. The van der Waals surface area contributed by atoms with Gasteiger partial charge in [-0.3, -0.25) is 28.8 Å². The molecule has 4 aliphatic heterocycles. The zero-order valence-electron chi connectivity index (χ0n) is 64.5. The summed E-state index contributed by atoms with van der Waals surface area (Å²) < 4.78 is 199. The topological polar surface area (TPSA) is 421 Å². The number of thiazole rings is 4. The third kappa shape index (κ3) is 21.3. The van der Waals surface area contributed by atoms with E-state index < -0.39 is 100.0 Å². The average molecular weight is 1900 g/mol. The molecule has 46 heteroatoms. The maximum Gasteiger partial charge on any atom is 0.443 e. The molecule has 0 bridgehead atoms. The van der Waals surface area contributed by atoms with Crippen LogP contribution in [0.15, 0.2) is 210 Å². The molecule has 12 aromatic rings. The van der Waals surface area contributed by atoms with Gasteiger partial charge in [0.2, 0.25) is 19.7 Å². The Kier molecular flexibility index (Phi) is 28.7. The number of carboxylic acid groups (broad SMARTS) is 2. The summed E-state index contributed by atoms with van der Waals surface area (Å²) in [7, 11) is -7.94. The van der Waals surface area contributed by atoms with Gasteiger partial charge >= 0.3 is 36.6 Å². The molecular weight excluding hydrogens is 1840 g/mol. The van der Waals surface area contributed by atoms with Crippen molar-refractivity contribution in [3.8, 4) is 0 Å². The number of aromatic carboxylic acids is 2. The van der Waals surface area contributed by atoms with Gasteiger partial charge in [-0.1, -0.05) is 72.1 Å². The van der Waals surface area contributed by atoms with E-state index in [1.165, 1.54) is 98.0 Å². The molecule has 12 N–H and O–H groups in total. The molecule has 26 nitrogen and oxygen atoms in total. The number of aromatic nitrogens is 4. The number of anilines is 4. The average Bonchev–Trinajstić information content (AvgIpc) is 1.57. The fraction of sp³-hybridized carbons (Fsp3) is 0.150. The lowest BCUT2D eigenvalue weighted by Gasteiger charge is -2.14. The number of rotatable bonds is 10. The number of sulfone groups is 2. The molecule has 8 heterocycles. The van der Waals surface area contributed by atoms with E-state index in [4.69, 9.17) is 21.7 Å². The number of nitrogens with one attached hydrogen (secondary N) is 6. The van der Waals surface area contributed by atoms with Gasteiger partial charge in [-0.05, 0) is 147 Å². The van der Waals surface area contributed by atoms with Crippen LogP contribution in [0.5, 0.6) is 0 Å². The maximum absolute atomic E-state index is 13.1. The van der Waals surface area contributed by atoms with Crippen molar-refractivity contribution in [2.45, 2.75) is 118 Å². The van der Waals surface area contributed by atoms with E-state index in [2.05, 4.69) is 51.8 Å². The molecule has 6 amide bonds. The Morgan fingerprint density at radius 3 is 0.960 bits per heavy atom. The van der Waals surface area contributed by atoms with E-state index in [1.54, 1.807) is 68.4 Å². The smallest absolute Gasteiger partial charge is 0.443 e. The monoisotopic (exact) mass is 1900 g/mol. The Morgan fingerprint density at radius 1 is 0.357 bits per heavy atom. The summed E-state index contributed by atoms with van der Waals surface area (Å²) in [6.45, 7) is 6.32. The lowest BCUT2D eigenvalue weighted by Crippen LogP contribution is -2.24. The number of carbonyl (C=O) groups excluding carboxylic acids is 6. The number of carbonyl (C=O) groups is 8. The normalized spacial score (nSPS) is 13.7. The van der Waals surface area contributed by atoms with Crippen molar-refractivity contribution < 1.29 is 118 Å². The minimum Gasteiger partial charge on any atom is -0.478 e. The first-order valence-corrected chi connectivity index (χ1v) is 43.6. The highest BCUT2D eigenvalue weighted by Gasteiger charge is 2.40. The van der Waals surface area contributed by atoms with E-state index in [-0.39, 0.29) is 113 Å². The van der Waals surface area contributed by atoms with Gasteiger partial charge in [-0.25, -0.2) is 46.4 Å². The van der Waals surface area contributed by atoms with Crippen LogP contribution < -0.4 is 43.4 Å². The second-order valence-corrected chi connectivity index (χ2v) is 36.8. The lowest BCUT2D eigenvalue weighted by atomic mass is 10.1. The number of benzene rings is 8. The van der Waals surface area contributed by atoms with Crippen LogP contribution in [0.2, 0.25) is 0 Å². The molecular formula is C80H60F12N12O14S8. The van der Waals surface area contributed by atoms with E-state index >= 15 is 0 Å². The van der Waals surface area contributed by atoms with Crippen molar-refractivity contribution in [2.75, 3.05) is 21.3 Å². The van der Waals surface area contributed by atoms with Crippen LogP contribution in [0, 0.1) is 27.7 Å². The molecule has 0 saturated heterocycles. The van der Waals surface area contributed by atoms with Crippen molar-refractivity contribution >= 4 is 159 Å². The Balaban J connectivity index is 0.000000153. The summed E-state index contributed by atoms with van der Waals surface area (Å²) in [6, 6.07) is 37.9. The van der Waals surface area contributed by atoms with Gasteiger partial charge in [0, 0.05) is 88.1 Å². The molecule has 0 aliphatic carbocycles. The molecule has 0 fully saturated rings. The van der Waals surface area contributed by atoms with Crippen molar-refractivity contribution in [3.63, 3.8) is 0 Å². The zero-order valence-corrected chi connectivity index (χ0v) is 71.1. The first-order valence-electron chi connectivity index (χ1n) is 35.8. The predicted molar refractivity (Wildman–Crippen MR) is 442 cm³/mol. The molecule has 4 aliphatic rings. The number of alkyl halides is 12. The number of hydrogen-bond acceptors (Lipinski definition) is 24. The van der Waals surface area contributed by atoms with Gasteiger partial charge in [0.05, 0.1) is 88.8 Å². The van der Waals surface area contributed by atoms with Gasteiger partial charge < -0.3 is 53.6 Å². The fourth-order valence-corrected chi connectivity index (χ4v) is 20.3. The molecule has 656 valence electrons. The highest BCUT2D eigenvalue weighted by atomic mass is 32.2. The standard InChI is InChI=1S/C20H14F3N3O4S2.C20H14F3N3O2S2.C15H11NO5S.C15H11NO3S.2C5H5F3N2S/c1-10-12(17(27)24-8-11-9-25-19(31-11)20(21,22)23)6-7-15-16(10)26-18(28)13-4-2-3-5-14(13)32(15,29)30;1-10-12(17(27)24-8-11-9-25-19(29-11)20(21,22)23)6-7-15-16(10)26-18(28)13-4-2-3-5-14(13)30-15;1-8-9(15(18)19)6-7-12-13(8)16-14(17)10-4-2-3-5-11(10)22(12,20)21;1-8-9(15(18)19)6-7-12-13(8)16-14(17)10-4-2-3-5-11(10)20-12;2*6-5(7,8)4-10-2-3(1-9)11-4/h2-7,9H,8H2,1H3,(H,24,27)(H,26,28);2-7,9H,8H2,1H3,(H,24,27)(H,26,28);2-7H,1H3,(H,16,17)(H,18,19);2-7H,1H3,(H,16,17)(H,18,19);2*2H,1,9H2. The van der Waals surface area contributed by atoms with Gasteiger partial charge in [-0.15, -0.1) is 45.3 Å². The van der Waals surface area contributed by atoms with E-state index in [9.17, 15) is 108 Å². The Morgan fingerprint density at radius 2 is 0.627 bits per heavy atom. The van der Waals surface area contributed by atoms with E-state index in [1.807, 2.05) is 30.3 Å². The largest absolute Gasteiger partial charge is 0.478 e. The van der Waals surface area contributed by atoms with Gasteiger partial charge in [-0.2, -0.15) is 52.7 Å². The molecule has 0 unspecified atom stereocenters. The first-order chi connectivity index (χ1) is 59.2. The summed E-state index contributed by atoms with van der Waals surface area (Å²) in [4.78, 5) is 115. The summed E-state index contributed by atoms with van der Waals surface area (Å²) >= 11 is 4.95. The van der Waals surface area contributed by atoms with Crippen LogP contribution in [0.1, 0.15) is 145 Å². The molecule has 4 aromatic heterocycles. The predicted octanol–water partition coefficient (Wildman–Crippen LogP) is 17.7. The van der Waals surface area contributed by atoms with Gasteiger partial charge in [0.25, 0.3) is 35.4 Å². The van der Waals surface area contributed by atoms with Crippen LogP contribution in [-0.4, -0.2) is 94.4 Å². The quantitative estimate of drug-likeness (QED) is 0.0568. The highest BCUT2D eigenvalue weighted by Crippen LogP contribution is 2.46. The molecule has 126 heavy (non-hydrogen) atoms. The fourth-order valence-electron chi connectivity index (χ4n) is 12.0.